The Morgan fingerprint density at radius 3 is 2.84 bits per heavy atom. The molecule has 1 unspecified atom stereocenters. The first-order valence-corrected chi connectivity index (χ1v) is 7.99. The van der Waals surface area contributed by atoms with Crippen LogP contribution in [0.1, 0.15) is 39.2 Å². The maximum atomic E-state index is 10.9. The first kappa shape index (κ1) is 14.7. The molecule has 0 bridgehead atoms. The molecular formula is C15H23NO2S. The van der Waals surface area contributed by atoms with Crippen LogP contribution in [0.3, 0.4) is 0 Å². The van der Waals surface area contributed by atoms with Gasteiger partial charge in [0.25, 0.3) is 0 Å². The molecule has 1 aliphatic heterocycles. The second-order valence-corrected chi connectivity index (χ2v) is 7.11. The van der Waals surface area contributed by atoms with Crippen molar-refractivity contribution >= 4 is 11.8 Å². The summed E-state index contributed by atoms with van der Waals surface area (Å²) in [6.45, 7) is 7.17. The van der Waals surface area contributed by atoms with Gasteiger partial charge in [0.05, 0.1) is 12.8 Å². The SMILES string of the molecule is CCCOc1cncc(C2(O)CSCC(C)(C)C2)c1. The fourth-order valence-electron chi connectivity index (χ4n) is 2.55. The van der Waals surface area contributed by atoms with Crippen molar-refractivity contribution in [2.45, 2.75) is 39.2 Å². The van der Waals surface area contributed by atoms with Crippen LogP contribution in [0.15, 0.2) is 18.5 Å². The van der Waals surface area contributed by atoms with Crippen molar-refractivity contribution in [3.63, 3.8) is 0 Å². The number of aromatic nitrogens is 1. The Kier molecular flexibility index (Phi) is 4.41. The van der Waals surface area contributed by atoms with E-state index < -0.39 is 5.60 Å². The molecule has 0 spiro atoms. The Hall–Kier alpha value is -0.740. The van der Waals surface area contributed by atoms with Crippen LogP contribution in [0.25, 0.3) is 0 Å². The van der Waals surface area contributed by atoms with Crippen molar-refractivity contribution in [2.75, 3.05) is 18.1 Å². The maximum Gasteiger partial charge on any atom is 0.137 e. The van der Waals surface area contributed by atoms with E-state index in [4.69, 9.17) is 4.74 Å². The molecule has 1 aromatic rings. The van der Waals surface area contributed by atoms with E-state index in [0.29, 0.717) is 6.61 Å². The topological polar surface area (TPSA) is 42.4 Å². The van der Waals surface area contributed by atoms with Crippen LogP contribution in [0.4, 0.5) is 0 Å². The molecule has 4 heteroatoms. The van der Waals surface area contributed by atoms with Crippen LogP contribution in [-0.2, 0) is 5.60 Å². The molecule has 1 N–H and O–H groups in total. The Balaban J connectivity index is 2.20. The van der Waals surface area contributed by atoms with Crippen molar-refractivity contribution in [1.82, 2.24) is 4.98 Å². The highest BCUT2D eigenvalue weighted by Crippen LogP contribution is 2.44. The van der Waals surface area contributed by atoms with Crippen LogP contribution < -0.4 is 4.74 Å². The molecule has 1 aliphatic rings. The summed E-state index contributed by atoms with van der Waals surface area (Å²) in [6.07, 6.45) is 5.22. The molecule has 1 aromatic heterocycles. The third kappa shape index (κ3) is 3.63. The van der Waals surface area contributed by atoms with Crippen LogP contribution in [0.2, 0.25) is 0 Å². The first-order chi connectivity index (χ1) is 8.95. The van der Waals surface area contributed by atoms with Crippen molar-refractivity contribution in [2.24, 2.45) is 5.41 Å². The Labute approximate surface area is 119 Å². The summed E-state index contributed by atoms with van der Waals surface area (Å²) in [4.78, 5) is 4.21. The molecule has 2 heterocycles. The zero-order valence-corrected chi connectivity index (χ0v) is 12.8. The molecule has 0 aromatic carbocycles. The number of hydrogen-bond acceptors (Lipinski definition) is 4. The lowest BCUT2D eigenvalue weighted by atomic mass is 9.79. The summed E-state index contributed by atoms with van der Waals surface area (Å²) in [7, 11) is 0. The van der Waals surface area contributed by atoms with Crippen LogP contribution in [0, 0.1) is 5.41 Å². The summed E-state index contributed by atoms with van der Waals surface area (Å²) >= 11 is 1.81. The van der Waals surface area contributed by atoms with E-state index in [0.717, 1.165) is 35.7 Å². The minimum absolute atomic E-state index is 0.151. The zero-order valence-electron chi connectivity index (χ0n) is 12.0. The number of pyridine rings is 1. The number of rotatable bonds is 4. The molecule has 0 saturated carbocycles. The van der Waals surface area contributed by atoms with Gasteiger partial charge < -0.3 is 9.84 Å². The fraction of sp³-hybridized carbons (Fsp3) is 0.667. The summed E-state index contributed by atoms with van der Waals surface area (Å²) < 4.78 is 5.60. The molecule has 1 atom stereocenters. The predicted molar refractivity (Wildman–Crippen MR) is 79.6 cm³/mol. The smallest absolute Gasteiger partial charge is 0.137 e. The number of thioether (sulfide) groups is 1. The van der Waals surface area contributed by atoms with Gasteiger partial charge in [-0.1, -0.05) is 20.8 Å². The second-order valence-electron chi connectivity index (χ2n) is 6.12. The van der Waals surface area contributed by atoms with Crippen LogP contribution in [-0.4, -0.2) is 28.2 Å². The van der Waals surface area contributed by atoms with E-state index in [1.807, 2.05) is 17.8 Å². The second kappa shape index (κ2) is 5.71. The van der Waals surface area contributed by atoms with Gasteiger partial charge in [0.1, 0.15) is 11.4 Å². The van der Waals surface area contributed by atoms with Crippen molar-refractivity contribution < 1.29 is 9.84 Å². The van der Waals surface area contributed by atoms with E-state index in [2.05, 4.69) is 25.8 Å². The van der Waals surface area contributed by atoms with Gasteiger partial charge in [-0.05, 0) is 30.1 Å². The largest absolute Gasteiger partial charge is 0.492 e. The standard InChI is InChI=1S/C15H23NO2S/c1-4-5-18-13-6-12(7-16-8-13)15(17)9-14(2,3)10-19-11-15/h6-8,17H,4-5,9-11H2,1-3H3. The molecule has 106 valence electrons. The maximum absolute atomic E-state index is 10.9. The third-order valence-corrected chi connectivity index (χ3v) is 5.00. The summed E-state index contributed by atoms with van der Waals surface area (Å²) in [5.41, 5.74) is 0.240. The highest BCUT2D eigenvalue weighted by atomic mass is 32.2. The zero-order chi connectivity index (χ0) is 13.9. The van der Waals surface area contributed by atoms with Crippen molar-refractivity contribution in [1.29, 1.82) is 0 Å². The average Bonchev–Trinajstić information content (AvgIpc) is 2.35. The number of ether oxygens (including phenoxy) is 1. The van der Waals surface area contributed by atoms with Gasteiger partial charge in [-0.25, -0.2) is 0 Å². The summed E-state index contributed by atoms with van der Waals surface area (Å²) in [6, 6.07) is 1.94. The fourth-order valence-corrected chi connectivity index (χ4v) is 3.91. The van der Waals surface area contributed by atoms with E-state index >= 15 is 0 Å². The molecule has 19 heavy (non-hydrogen) atoms. The normalized spacial score (nSPS) is 26.1. The van der Waals surface area contributed by atoms with Crippen molar-refractivity contribution in [3.05, 3.63) is 24.0 Å². The van der Waals surface area contributed by atoms with Gasteiger partial charge in [-0.15, -0.1) is 0 Å². The molecule has 1 saturated heterocycles. The lowest BCUT2D eigenvalue weighted by Crippen LogP contribution is -2.40. The molecule has 0 aliphatic carbocycles. The van der Waals surface area contributed by atoms with Crippen molar-refractivity contribution in [3.8, 4) is 5.75 Å². The summed E-state index contributed by atoms with van der Waals surface area (Å²) in [5, 5.41) is 10.9. The average molecular weight is 281 g/mol. The predicted octanol–water partition coefficient (Wildman–Crippen LogP) is 3.22. The minimum Gasteiger partial charge on any atom is -0.492 e. The highest BCUT2D eigenvalue weighted by molar-refractivity contribution is 7.99. The quantitative estimate of drug-likeness (QED) is 0.920. The number of hydrogen-bond donors (Lipinski definition) is 1. The van der Waals surface area contributed by atoms with Gasteiger partial charge in [0.15, 0.2) is 0 Å². The van der Waals surface area contributed by atoms with Crippen LogP contribution >= 0.6 is 11.8 Å². The molecule has 1 fully saturated rings. The highest BCUT2D eigenvalue weighted by Gasteiger charge is 2.40. The lowest BCUT2D eigenvalue weighted by Gasteiger charge is -2.41. The Morgan fingerprint density at radius 2 is 2.16 bits per heavy atom. The van der Waals surface area contributed by atoms with Gasteiger partial charge in [0.2, 0.25) is 0 Å². The van der Waals surface area contributed by atoms with E-state index in [9.17, 15) is 5.11 Å². The van der Waals surface area contributed by atoms with E-state index in [-0.39, 0.29) is 5.41 Å². The molecule has 3 nitrogen and oxygen atoms in total. The van der Waals surface area contributed by atoms with Gasteiger partial charge in [0, 0.05) is 17.5 Å². The lowest BCUT2D eigenvalue weighted by molar-refractivity contribution is 0.0151. The molecule has 0 amide bonds. The summed E-state index contributed by atoms with van der Waals surface area (Å²) in [5.74, 6) is 2.57. The molecule has 0 radical (unpaired) electrons. The monoisotopic (exact) mass is 281 g/mol. The van der Waals surface area contributed by atoms with Crippen LogP contribution in [0.5, 0.6) is 5.75 Å². The minimum atomic E-state index is -0.787. The number of nitrogens with zero attached hydrogens (tertiary/aromatic N) is 1. The number of aliphatic hydroxyl groups is 1. The molecule has 2 rings (SSSR count). The molecular weight excluding hydrogens is 258 g/mol. The van der Waals surface area contributed by atoms with Gasteiger partial charge >= 0.3 is 0 Å². The Bertz CT molecular complexity index is 436. The third-order valence-electron chi connectivity index (χ3n) is 3.33. The van der Waals surface area contributed by atoms with E-state index in [1.165, 1.54) is 0 Å². The van der Waals surface area contributed by atoms with Gasteiger partial charge in [-0.2, -0.15) is 11.8 Å². The van der Waals surface area contributed by atoms with Gasteiger partial charge in [-0.3, -0.25) is 4.98 Å². The first-order valence-electron chi connectivity index (χ1n) is 6.84. The van der Waals surface area contributed by atoms with E-state index in [1.54, 1.807) is 12.4 Å². The Morgan fingerprint density at radius 1 is 1.37 bits per heavy atom.